The third kappa shape index (κ3) is 3.00. The largest absolute Gasteiger partial charge is 0.435 e. The summed E-state index contributed by atoms with van der Waals surface area (Å²) < 4.78 is 38.3. The van der Waals surface area contributed by atoms with Gasteiger partial charge < -0.3 is 5.73 Å². The predicted octanol–water partition coefficient (Wildman–Crippen LogP) is 2.42. The highest BCUT2D eigenvalue weighted by atomic mass is 19.4. The van der Waals surface area contributed by atoms with Crippen LogP contribution < -0.4 is 5.73 Å². The van der Waals surface area contributed by atoms with Gasteiger partial charge in [0.1, 0.15) is 0 Å². The molecule has 6 heteroatoms. The van der Waals surface area contributed by atoms with Gasteiger partial charge in [-0.2, -0.15) is 18.3 Å². The summed E-state index contributed by atoms with van der Waals surface area (Å²) in [4.78, 5) is 0. The third-order valence-electron chi connectivity index (χ3n) is 3.38. The molecule has 17 heavy (non-hydrogen) atoms. The molecule has 0 amide bonds. The van der Waals surface area contributed by atoms with Crippen molar-refractivity contribution in [2.45, 2.75) is 44.4 Å². The van der Waals surface area contributed by atoms with Gasteiger partial charge in [-0.15, -0.1) is 0 Å². The van der Waals surface area contributed by atoms with Crippen molar-refractivity contribution in [3.63, 3.8) is 0 Å². The van der Waals surface area contributed by atoms with Crippen molar-refractivity contribution in [3.8, 4) is 0 Å². The van der Waals surface area contributed by atoms with Crippen LogP contribution in [0.25, 0.3) is 0 Å². The molecule has 0 spiro atoms. The smallest absolute Gasteiger partial charge is 0.327 e. The van der Waals surface area contributed by atoms with Crippen LogP contribution in [0, 0.1) is 5.92 Å². The summed E-state index contributed by atoms with van der Waals surface area (Å²) in [6.07, 6.45) is 1.06. The van der Waals surface area contributed by atoms with Crippen LogP contribution in [0.1, 0.15) is 31.4 Å². The first-order valence-corrected chi connectivity index (χ1v) is 5.83. The van der Waals surface area contributed by atoms with E-state index >= 15 is 0 Å². The molecule has 96 valence electrons. The van der Waals surface area contributed by atoms with Crippen LogP contribution in [-0.4, -0.2) is 15.8 Å². The molecule has 0 aliphatic heterocycles. The lowest BCUT2D eigenvalue weighted by Gasteiger charge is -2.14. The number of aromatic nitrogens is 2. The minimum absolute atomic E-state index is 0.202. The van der Waals surface area contributed by atoms with Crippen molar-refractivity contribution in [2.24, 2.45) is 11.7 Å². The Morgan fingerprint density at radius 3 is 2.71 bits per heavy atom. The number of rotatable bonds is 3. The zero-order valence-electron chi connectivity index (χ0n) is 9.45. The van der Waals surface area contributed by atoms with Crippen LogP contribution in [0.15, 0.2) is 12.3 Å². The van der Waals surface area contributed by atoms with E-state index in [1.807, 2.05) is 0 Å². The molecule has 1 fully saturated rings. The summed E-state index contributed by atoms with van der Waals surface area (Å²) in [5.74, 6) is 0.425. The van der Waals surface area contributed by atoms with Gasteiger partial charge in [-0.05, 0) is 31.2 Å². The standard InChI is InChI=1S/C11H16F3N3/c12-11(13,14)10-5-7-17(16-10)6-4-8-2-1-3-9(8)15/h5,7-9H,1-4,6,15H2. The summed E-state index contributed by atoms with van der Waals surface area (Å²) in [6.45, 7) is 0.508. The van der Waals surface area contributed by atoms with Crippen LogP contribution in [0.5, 0.6) is 0 Å². The first-order chi connectivity index (χ1) is 7.97. The topological polar surface area (TPSA) is 43.8 Å². The Bertz CT molecular complexity index is 372. The Morgan fingerprint density at radius 1 is 1.41 bits per heavy atom. The number of aryl methyl sites for hydroxylation is 1. The van der Waals surface area contributed by atoms with E-state index in [4.69, 9.17) is 5.73 Å². The van der Waals surface area contributed by atoms with Gasteiger partial charge in [0.05, 0.1) is 0 Å². The molecule has 0 radical (unpaired) electrons. The van der Waals surface area contributed by atoms with E-state index in [0.717, 1.165) is 31.7 Å². The van der Waals surface area contributed by atoms with E-state index in [0.29, 0.717) is 12.5 Å². The van der Waals surface area contributed by atoms with Gasteiger partial charge in [0.15, 0.2) is 5.69 Å². The van der Waals surface area contributed by atoms with Gasteiger partial charge in [-0.1, -0.05) is 6.42 Å². The summed E-state index contributed by atoms with van der Waals surface area (Å²) in [5, 5.41) is 3.52. The Balaban J connectivity index is 1.89. The van der Waals surface area contributed by atoms with Crippen LogP contribution in [0.3, 0.4) is 0 Å². The highest BCUT2D eigenvalue weighted by Gasteiger charge is 2.33. The molecule has 1 aromatic rings. The number of hydrogen-bond donors (Lipinski definition) is 1. The summed E-state index contributed by atoms with van der Waals surface area (Å²) in [5.41, 5.74) is 5.08. The molecular formula is C11H16F3N3. The van der Waals surface area contributed by atoms with Crippen molar-refractivity contribution < 1.29 is 13.2 Å². The van der Waals surface area contributed by atoms with Crippen LogP contribution in [-0.2, 0) is 12.7 Å². The summed E-state index contributed by atoms with van der Waals surface area (Å²) in [6, 6.07) is 1.21. The van der Waals surface area contributed by atoms with Crippen molar-refractivity contribution in [2.75, 3.05) is 0 Å². The monoisotopic (exact) mass is 247 g/mol. The highest BCUT2D eigenvalue weighted by Crippen LogP contribution is 2.29. The number of halogens is 3. The molecule has 1 aliphatic rings. The Morgan fingerprint density at radius 2 is 2.18 bits per heavy atom. The van der Waals surface area contributed by atoms with Gasteiger partial charge in [0, 0.05) is 18.8 Å². The van der Waals surface area contributed by atoms with Crippen LogP contribution in [0.2, 0.25) is 0 Å². The minimum Gasteiger partial charge on any atom is -0.327 e. The van der Waals surface area contributed by atoms with E-state index in [1.54, 1.807) is 0 Å². The fraction of sp³-hybridized carbons (Fsp3) is 0.727. The quantitative estimate of drug-likeness (QED) is 0.891. The lowest BCUT2D eigenvalue weighted by atomic mass is 10.0. The van der Waals surface area contributed by atoms with Gasteiger partial charge >= 0.3 is 6.18 Å². The molecule has 2 atom stereocenters. The summed E-state index contributed by atoms with van der Waals surface area (Å²) in [7, 11) is 0. The zero-order valence-corrected chi connectivity index (χ0v) is 9.45. The van der Waals surface area contributed by atoms with Gasteiger partial charge in [0.25, 0.3) is 0 Å². The predicted molar refractivity (Wildman–Crippen MR) is 57.2 cm³/mol. The SMILES string of the molecule is NC1CCCC1CCn1ccc(C(F)(F)F)n1. The van der Waals surface area contributed by atoms with Crippen molar-refractivity contribution in [1.82, 2.24) is 9.78 Å². The summed E-state index contributed by atoms with van der Waals surface area (Å²) >= 11 is 0. The fourth-order valence-electron chi connectivity index (χ4n) is 2.36. The Kier molecular flexibility index (Phi) is 3.42. The highest BCUT2D eigenvalue weighted by molar-refractivity contribution is 5.03. The fourth-order valence-corrected chi connectivity index (χ4v) is 2.36. The Hall–Kier alpha value is -1.04. The van der Waals surface area contributed by atoms with Crippen molar-refractivity contribution in [3.05, 3.63) is 18.0 Å². The average molecular weight is 247 g/mol. The van der Waals surface area contributed by atoms with Gasteiger partial charge in [-0.3, -0.25) is 4.68 Å². The molecule has 1 aliphatic carbocycles. The lowest BCUT2D eigenvalue weighted by molar-refractivity contribution is -0.141. The second-order valence-electron chi connectivity index (χ2n) is 4.61. The Labute approximate surface area is 97.8 Å². The molecule has 2 rings (SSSR count). The van der Waals surface area contributed by atoms with Gasteiger partial charge in [0.2, 0.25) is 0 Å². The second kappa shape index (κ2) is 4.68. The molecule has 3 nitrogen and oxygen atoms in total. The van der Waals surface area contributed by atoms with E-state index in [1.165, 1.54) is 10.9 Å². The zero-order chi connectivity index (χ0) is 12.5. The van der Waals surface area contributed by atoms with E-state index in [9.17, 15) is 13.2 Å². The molecule has 2 N–H and O–H groups in total. The van der Waals surface area contributed by atoms with Gasteiger partial charge in [-0.25, -0.2) is 0 Å². The third-order valence-corrected chi connectivity index (χ3v) is 3.38. The molecular weight excluding hydrogens is 231 g/mol. The number of nitrogens with two attached hydrogens (primary N) is 1. The van der Waals surface area contributed by atoms with E-state index in [2.05, 4.69) is 5.10 Å². The molecule has 1 aromatic heterocycles. The maximum absolute atomic E-state index is 12.3. The maximum atomic E-state index is 12.3. The van der Waals surface area contributed by atoms with E-state index < -0.39 is 11.9 Å². The van der Waals surface area contributed by atoms with Crippen LogP contribution >= 0.6 is 0 Å². The first kappa shape index (κ1) is 12.4. The van der Waals surface area contributed by atoms with Crippen molar-refractivity contribution >= 4 is 0 Å². The first-order valence-electron chi connectivity index (χ1n) is 5.83. The molecule has 0 aromatic carbocycles. The number of alkyl halides is 3. The van der Waals surface area contributed by atoms with Crippen molar-refractivity contribution in [1.29, 1.82) is 0 Å². The molecule has 1 saturated carbocycles. The molecule has 0 saturated heterocycles. The molecule has 2 unspecified atom stereocenters. The maximum Gasteiger partial charge on any atom is 0.435 e. The van der Waals surface area contributed by atoms with E-state index in [-0.39, 0.29) is 6.04 Å². The minimum atomic E-state index is -4.35. The normalized spacial score (nSPS) is 25.4. The number of hydrogen-bond acceptors (Lipinski definition) is 2. The lowest BCUT2D eigenvalue weighted by Crippen LogP contribution is -2.25. The second-order valence-corrected chi connectivity index (χ2v) is 4.61. The molecule has 1 heterocycles. The average Bonchev–Trinajstić information content (AvgIpc) is 2.82. The number of nitrogens with zero attached hydrogens (tertiary/aromatic N) is 2. The van der Waals surface area contributed by atoms with Crippen LogP contribution in [0.4, 0.5) is 13.2 Å². The molecule has 0 bridgehead atoms.